The molecule has 4 rings (SSSR count). The van der Waals surface area contributed by atoms with Crippen molar-refractivity contribution in [1.29, 1.82) is 0 Å². The molecule has 3 fully saturated rings. The van der Waals surface area contributed by atoms with Crippen molar-refractivity contribution >= 4 is 29.4 Å². The first kappa shape index (κ1) is 19.6. The van der Waals surface area contributed by atoms with Crippen LogP contribution in [0.5, 0.6) is 0 Å². The second-order valence-electron chi connectivity index (χ2n) is 8.54. The van der Waals surface area contributed by atoms with Gasteiger partial charge < -0.3 is 10.1 Å². The first-order valence-corrected chi connectivity index (χ1v) is 10.3. The summed E-state index contributed by atoms with van der Waals surface area (Å²) in [6, 6.07) is 6.43. The standard InChI is InChI=1S/C22H26N2O5/c1-12(2)29-22(28)13-5-7-16(8-6-13)23-17(25)9-10-24-20(26)18-14-3-4-15(11-14)19(18)21(24)27/h5-8,12,14-15,18-19H,3-4,9-11H2,1-2H3,(H,23,25)/t14-,15+,18+,19-. The number of amides is 3. The van der Waals surface area contributed by atoms with E-state index in [1.807, 2.05) is 0 Å². The van der Waals surface area contributed by atoms with E-state index < -0.39 is 5.97 Å². The van der Waals surface area contributed by atoms with Crippen LogP contribution in [0.2, 0.25) is 0 Å². The van der Waals surface area contributed by atoms with Crippen molar-refractivity contribution in [3.8, 4) is 0 Å². The number of benzene rings is 1. The Morgan fingerprint density at radius 3 is 2.21 bits per heavy atom. The zero-order chi connectivity index (χ0) is 20.7. The van der Waals surface area contributed by atoms with Crippen molar-refractivity contribution in [2.24, 2.45) is 23.7 Å². The quantitative estimate of drug-likeness (QED) is 0.587. The molecular weight excluding hydrogens is 372 g/mol. The molecule has 3 amide bonds. The molecule has 1 heterocycles. The van der Waals surface area contributed by atoms with Crippen LogP contribution in [0.15, 0.2) is 24.3 Å². The van der Waals surface area contributed by atoms with Crippen LogP contribution in [0.25, 0.3) is 0 Å². The Kier molecular flexibility index (Phi) is 5.15. The maximum atomic E-state index is 12.7. The van der Waals surface area contributed by atoms with E-state index in [1.165, 1.54) is 4.90 Å². The van der Waals surface area contributed by atoms with Gasteiger partial charge in [-0.2, -0.15) is 0 Å². The number of carbonyl (C=O) groups is 4. The Labute approximate surface area is 169 Å². The number of rotatable bonds is 6. The van der Waals surface area contributed by atoms with Crippen LogP contribution in [0.4, 0.5) is 5.69 Å². The molecule has 1 aliphatic heterocycles. The van der Waals surface area contributed by atoms with Gasteiger partial charge in [0.2, 0.25) is 17.7 Å². The number of hydrogen-bond acceptors (Lipinski definition) is 5. The van der Waals surface area contributed by atoms with Gasteiger partial charge in [0.25, 0.3) is 0 Å². The topological polar surface area (TPSA) is 92.8 Å². The molecule has 0 aromatic heterocycles. The van der Waals surface area contributed by atoms with E-state index in [0.717, 1.165) is 19.3 Å². The third-order valence-electron chi connectivity index (χ3n) is 6.33. The summed E-state index contributed by atoms with van der Waals surface area (Å²) in [5.41, 5.74) is 0.955. The van der Waals surface area contributed by atoms with Gasteiger partial charge in [0.1, 0.15) is 0 Å². The molecule has 2 saturated carbocycles. The number of nitrogens with one attached hydrogen (secondary N) is 1. The van der Waals surface area contributed by atoms with Crippen molar-refractivity contribution in [3.05, 3.63) is 29.8 Å². The molecule has 7 heteroatoms. The largest absolute Gasteiger partial charge is 0.459 e. The predicted molar refractivity (Wildman–Crippen MR) is 105 cm³/mol. The predicted octanol–water partition coefficient (Wildman–Crippen LogP) is 2.61. The van der Waals surface area contributed by atoms with Crippen LogP contribution in [-0.2, 0) is 19.1 Å². The van der Waals surface area contributed by atoms with Crippen molar-refractivity contribution in [3.63, 3.8) is 0 Å². The number of anilines is 1. The summed E-state index contributed by atoms with van der Waals surface area (Å²) in [6.07, 6.45) is 2.94. The van der Waals surface area contributed by atoms with Crippen LogP contribution in [0, 0.1) is 23.7 Å². The Hall–Kier alpha value is -2.70. The van der Waals surface area contributed by atoms with Gasteiger partial charge in [-0.05, 0) is 69.2 Å². The molecule has 154 valence electrons. The fourth-order valence-corrected chi connectivity index (χ4v) is 5.10. The lowest BCUT2D eigenvalue weighted by Gasteiger charge is -2.19. The summed E-state index contributed by atoms with van der Waals surface area (Å²) in [4.78, 5) is 50.8. The van der Waals surface area contributed by atoms with Gasteiger partial charge in [-0.25, -0.2) is 4.79 Å². The highest BCUT2D eigenvalue weighted by molar-refractivity contribution is 6.06. The molecule has 0 unspecified atom stereocenters. The van der Waals surface area contributed by atoms with Gasteiger partial charge in [0, 0.05) is 18.7 Å². The van der Waals surface area contributed by atoms with Crippen molar-refractivity contribution < 1.29 is 23.9 Å². The molecule has 1 N–H and O–H groups in total. The average Bonchev–Trinajstić information content (AvgIpc) is 3.35. The number of fused-ring (bicyclic) bond motifs is 5. The number of hydrogen-bond donors (Lipinski definition) is 1. The third-order valence-corrected chi connectivity index (χ3v) is 6.33. The van der Waals surface area contributed by atoms with Crippen molar-refractivity contribution in [2.45, 2.75) is 45.6 Å². The van der Waals surface area contributed by atoms with E-state index in [2.05, 4.69) is 5.32 Å². The average molecular weight is 398 g/mol. The minimum atomic E-state index is -0.413. The maximum absolute atomic E-state index is 12.7. The lowest BCUT2D eigenvalue weighted by molar-refractivity contribution is -0.140. The number of carbonyl (C=O) groups excluding carboxylic acids is 4. The lowest BCUT2D eigenvalue weighted by Crippen LogP contribution is -2.35. The molecule has 0 spiro atoms. The van der Waals surface area contributed by atoms with E-state index in [-0.39, 0.29) is 48.6 Å². The highest BCUT2D eigenvalue weighted by Crippen LogP contribution is 2.56. The van der Waals surface area contributed by atoms with E-state index in [4.69, 9.17) is 4.74 Å². The molecule has 1 aromatic rings. The van der Waals surface area contributed by atoms with Crippen molar-refractivity contribution in [2.75, 3.05) is 11.9 Å². The first-order chi connectivity index (χ1) is 13.8. The molecule has 7 nitrogen and oxygen atoms in total. The third kappa shape index (κ3) is 3.66. The van der Waals surface area contributed by atoms with Crippen LogP contribution in [-0.4, -0.2) is 41.2 Å². The molecule has 4 atom stereocenters. The summed E-state index contributed by atoms with van der Waals surface area (Å²) in [5.74, 6) is -0.472. The van der Waals surface area contributed by atoms with Crippen LogP contribution in [0.3, 0.4) is 0 Å². The van der Waals surface area contributed by atoms with Crippen LogP contribution in [0.1, 0.15) is 49.9 Å². The minimum absolute atomic E-state index is 0.0589. The van der Waals surface area contributed by atoms with Gasteiger partial charge in [-0.15, -0.1) is 0 Å². The van der Waals surface area contributed by atoms with E-state index in [1.54, 1.807) is 38.1 Å². The van der Waals surface area contributed by atoms with Gasteiger partial charge in [-0.3, -0.25) is 19.3 Å². The van der Waals surface area contributed by atoms with E-state index in [9.17, 15) is 19.2 Å². The number of imide groups is 1. The molecule has 2 aliphatic carbocycles. The number of ether oxygens (including phenoxy) is 1. The SMILES string of the molecule is CC(C)OC(=O)c1ccc(NC(=O)CCN2C(=O)[C@@H]3[C@H]4CC[C@H](C4)[C@@H]3C2=O)cc1. The summed E-state index contributed by atoms with van der Waals surface area (Å²) in [7, 11) is 0. The fourth-order valence-electron chi connectivity index (χ4n) is 5.10. The summed E-state index contributed by atoms with van der Waals surface area (Å²) >= 11 is 0. The molecule has 1 aromatic carbocycles. The van der Waals surface area contributed by atoms with E-state index in [0.29, 0.717) is 23.1 Å². The highest BCUT2D eigenvalue weighted by Gasteiger charge is 2.60. The first-order valence-electron chi connectivity index (χ1n) is 10.3. The van der Waals surface area contributed by atoms with Crippen LogP contribution < -0.4 is 5.32 Å². The van der Waals surface area contributed by atoms with Gasteiger partial charge >= 0.3 is 5.97 Å². The molecule has 2 bridgehead atoms. The molecule has 3 aliphatic rings. The number of esters is 1. The monoisotopic (exact) mass is 398 g/mol. The zero-order valence-corrected chi connectivity index (χ0v) is 16.7. The number of likely N-dealkylation sites (tertiary alicyclic amines) is 1. The zero-order valence-electron chi connectivity index (χ0n) is 16.7. The van der Waals surface area contributed by atoms with Gasteiger partial charge in [0.05, 0.1) is 23.5 Å². The Morgan fingerprint density at radius 2 is 1.66 bits per heavy atom. The van der Waals surface area contributed by atoms with Crippen molar-refractivity contribution in [1.82, 2.24) is 4.90 Å². The maximum Gasteiger partial charge on any atom is 0.338 e. The normalized spacial score (nSPS) is 27.5. The smallest absolute Gasteiger partial charge is 0.338 e. The molecule has 1 saturated heterocycles. The summed E-state index contributed by atoms with van der Waals surface area (Å²) in [6.45, 7) is 3.68. The summed E-state index contributed by atoms with van der Waals surface area (Å²) < 4.78 is 5.13. The van der Waals surface area contributed by atoms with E-state index >= 15 is 0 Å². The Bertz CT molecular complexity index is 819. The second-order valence-corrected chi connectivity index (χ2v) is 8.54. The molecular formula is C22H26N2O5. The Morgan fingerprint density at radius 1 is 1.07 bits per heavy atom. The lowest BCUT2D eigenvalue weighted by atomic mass is 9.81. The van der Waals surface area contributed by atoms with Crippen LogP contribution >= 0.6 is 0 Å². The van der Waals surface area contributed by atoms with Gasteiger partial charge in [-0.1, -0.05) is 0 Å². The molecule has 29 heavy (non-hydrogen) atoms. The Balaban J connectivity index is 1.30. The highest BCUT2D eigenvalue weighted by atomic mass is 16.5. The minimum Gasteiger partial charge on any atom is -0.459 e. The fraction of sp³-hybridized carbons (Fsp3) is 0.545. The number of nitrogens with zero attached hydrogens (tertiary/aromatic N) is 1. The summed E-state index contributed by atoms with van der Waals surface area (Å²) in [5, 5.41) is 2.74. The van der Waals surface area contributed by atoms with Gasteiger partial charge in [0.15, 0.2) is 0 Å². The second kappa shape index (κ2) is 7.61. The molecule has 0 radical (unpaired) electrons.